The SMILES string of the molecule is COC(=O)c1scc(C)c1S(=O)(=O)N[C@H](C)[C@H]1CCCNC1. The van der Waals surface area contributed by atoms with Gasteiger partial charge in [0.1, 0.15) is 9.77 Å². The lowest BCUT2D eigenvalue weighted by atomic mass is 9.94. The molecule has 1 aliphatic rings. The van der Waals surface area contributed by atoms with Gasteiger partial charge in [0.05, 0.1) is 7.11 Å². The Bertz CT molecular complexity index is 633. The molecule has 8 heteroatoms. The highest BCUT2D eigenvalue weighted by atomic mass is 32.2. The summed E-state index contributed by atoms with van der Waals surface area (Å²) in [6.07, 6.45) is 2.03. The van der Waals surface area contributed by atoms with Crippen LogP contribution in [0.1, 0.15) is 35.0 Å². The molecule has 0 radical (unpaired) electrons. The van der Waals surface area contributed by atoms with E-state index in [1.165, 1.54) is 7.11 Å². The summed E-state index contributed by atoms with van der Waals surface area (Å²) in [7, 11) is -2.50. The maximum atomic E-state index is 12.7. The average Bonchev–Trinajstić information content (AvgIpc) is 2.89. The fraction of sp³-hybridized carbons (Fsp3) is 0.643. The van der Waals surface area contributed by atoms with Gasteiger partial charge in [-0.25, -0.2) is 17.9 Å². The Labute approximate surface area is 135 Å². The van der Waals surface area contributed by atoms with Crippen molar-refractivity contribution in [2.45, 2.75) is 37.6 Å². The van der Waals surface area contributed by atoms with E-state index in [2.05, 4.69) is 14.8 Å². The van der Waals surface area contributed by atoms with Crippen molar-refractivity contribution in [1.82, 2.24) is 10.0 Å². The third-order valence-electron chi connectivity index (χ3n) is 3.94. The second-order valence-corrected chi connectivity index (χ2v) is 8.12. The Hall–Kier alpha value is -0.960. The maximum Gasteiger partial charge on any atom is 0.349 e. The minimum absolute atomic E-state index is 0.0416. The van der Waals surface area contributed by atoms with Crippen molar-refractivity contribution in [3.8, 4) is 0 Å². The molecular formula is C14H22N2O4S2. The summed E-state index contributed by atoms with van der Waals surface area (Å²) in [5, 5.41) is 4.94. The number of sulfonamides is 1. The van der Waals surface area contributed by atoms with E-state index in [1.54, 1.807) is 12.3 Å². The maximum absolute atomic E-state index is 12.7. The molecule has 0 saturated carbocycles. The molecule has 2 atom stereocenters. The lowest BCUT2D eigenvalue weighted by molar-refractivity contribution is 0.0602. The zero-order chi connectivity index (χ0) is 16.3. The van der Waals surface area contributed by atoms with Gasteiger partial charge in [-0.15, -0.1) is 11.3 Å². The fourth-order valence-electron chi connectivity index (χ4n) is 2.71. The zero-order valence-corrected chi connectivity index (χ0v) is 14.6. The van der Waals surface area contributed by atoms with Crippen LogP contribution in [0.4, 0.5) is 0 Å². The summed E-state index contributed by atoms with van der Waals surface area (Å²) in [6, 6.07) is -0.192. The Morgan fingerprint density at radius 2 is 2.27 bits per heavy atom. The fourth-order valence-corrected chi connectivity index (χ4v) is 5.72. The Kier molecular flexibility index (Phi) is 5.60. The van der Waals surface area contributed by atoms with Gasteiger partial charge in [-0.05, 0) is 56.6 Å². The number of carbonyl (C=O) groups excluding carboxylic acids is 1. The van der Waals surface area contributed by atoms with Gasteiger partial charge in [0, 0.05) is 6.04 Å². The summed E-state index contributed by atoms with van der Waals surface area (Å²) in [6.45, 7) is 5.33. The number of hydrogen-bond acceptors (Lipinski definition) is 6. The van der Waals surface area contributed by atoms with Crippen molar-refractivity contribution in [3.05, 3.63) is 15.8 Å². The number of hydrogen-bond donors (Lipinski definition) is 2. The number of nitrogens with one attached hydrogen (secondary N) is 2. The Balaban J connectivity index is 2.23. The van der Waals surface area contributed by atoms with Crippen LogP contribution in [0.5, 0.6) is 0 Å². The monoisotopic (exact) mass is 346 g/mol. The molecule has 2 heterocycles. The van der Waals surface area contributed by atoms with Crippen LogP contribution in [0, 0.1) is 12.8 Å². The van der Waals surface area contributed by atoms with Gasteiger partial charge in [-0.2, -0.15) is 0 Å². The third kappa shape index (κ3) is 3.68. The summed E-state index contributed by atoms with van der Waals surface area (Å²) < 4.78 is 32.7. The number of thiophene rings is 1. The van der Waals surface area contributed by atoms with Gasteiger partial charge in [0.2, 0.25) is 10.0 Å². The second-order valence-electron chi connectivity index (χ2n) is 5.58. The number of piperidine rings is 1. The van der Waals surface area contributed by atoms with Crippen molar-refractivity contribution in [2.24, 2.45) is 5.92 Å². The van der Waals surface area contributed by atoms with E-state index >= 15 is 0 Å². The molecular weight excluding hydrogens is 324 g/mol. The molecule has 124 valence electrons. The molecule has 22 heavy (non-hydrogen) atoms. The molecule has 2 N–H and O–H groups in total. The molecule has 0 spiro atoms. The third-order valence-corrected chi connectivity index (χ3v) is 6.89. The van der Waals surface area contributed by atoms with Crippen LogP contribution in [0.25, 0.3) is 0 Å². The predicted molar refractivity (Wildman–Crippen MR) is 85.8 cm³/mol. The standard InChI is InChI=1S/C14H22N2O4S2/c1-9-8-21-12(14(17)20-3)13(9)22(18,19)16-10(2)11-5-4-6-15-7-11/h8,10-11,15-16H,4-7H2,1-3H3/t10-,11+/m1/s1. The molecule has 2 rings (SSSR count). The molecule has 0 aliphatic carbocycles. The van der Waals surface area contributed by atoms with E-state index < -0.39 is 16.0 Å². The Morgan fingerprint density at radius 3 is 2.86 bits per heavy atom. The van der Waals surface area contributed by atoms with Crippen molar-refractivity contribution in [2.75, 3.05) is 20.2 Å². The number of aryl methyl sites for hydroxylation is 1. The number of ether oxygens (including phenoxy) is 1. The molecule has 6 nitrogen and oxygen atoms in total. The van der Waals surface area contributed by atoms with E-state index in [0.29, 0.717) is 5.56 Å². The normalized spacial score (nSPS) is 20.6. The smallest absolute Gasteiger partial charge is 0.349 e. The number of carbonyl (C=O) groups is 1. The molecule has 1 fully saturated rings. The minimum Gasteiger partial charge on any atom is -0.465 e. The molecule has 0 amide bonds. The first-order valence-corrected chi connectivity index (χ1v) is 9.62. The van der Waals surface area contributed by atoms with Crippen molar-refractivity contribution >= 4 is 27.3 Å². The van der Waals surface area contributed by atoms with Gasteiger partial charge < -0.3 is 10.1 Å². The molecule has 0 bridgehead atoms. The minimum atomic E-state index is -3.75. The van der Waals surface area contributed by atoms with E-state index in [1.807, 2.05) is 6.92 Å². The first kappa shape index (κ1) is 17.4. The van der Waals surface area contributed by atoms with Gasteiger partial charge >= 0.3 is 5.97 Å². The van der Waals surface area contributed by atoms with Gasteiger partial charge in [-0.3, -0.25) is 0 Å². The summed E-state index contributed by atoms with van der Waals surface area (Å²) in [4.78, 5) is 11.9. The lowest BCUT2D eigenvalue weighted by Gasteiger charge is -2.28. The topological polar surface area (TPSA) is 84.5 Å². The molecule has 1 saturated heterocycles. The van der Waals surface area contributed by atoms with E-state index in [-0.39, 0.29) is 21.7 Å². The molecule has 1 aromatic heterocycles. The first-order chi connectivity index (χ1) is 10.4. The zero-order valence-electron chi connectivity index (χ0n) is 13.0. The van der Waals surface area contributed by atoms with E-state index in [0.717, 1.165) is 37.3 Å². The van der Waals surface area contributed by atoms with Crippen LogP contribution < -0.4 is 10.0 Å². The molecule has 0 aromatic carbocycles. The Morgan fingerprint density at radius 1 is 1.55 bits per heavy atom. The average molecular weight is 346 g/mol. The van der Waals surface area contributed by atoms with Crippen LogP contribution in [-0.4, -0.2) is 40.6 Å². The van der Waals surface area contributed by atoms with Crippen molar-refractivity contribution in [3.63, 3.8) is 0 Å². The van der Waals surface area contributed by atoms with Crippen molar-refractivity contribution in [1.29, 1.82) is 0 Å². The van der Waals surface area contributed by atoms with Crippen LogP contribution in [0.3, 0.4) is 0 Å². The predicted octanol–water partition coefficient (Wildman–Crippen LogP) is 1.51. The largest absolute Gasteiger partial charge is 0.465 e. The van der Waals surface area contributed by atoms with Crippen LogP contribution in [-0.2, 0) is 14.8 Å². The molecule has 1 aliphatic heterocycles. The summed E-state index contributed by atoms with van der Waals surface area (Å²) in [5.74, 6) is -0.366. The van der Waals surface area contributed by atoms with Gasteiger partial charge in [0.25, 0.3) is 0 Å². The highest BCUT2D eigenvalue weighted by Crippen LogP contribution is 2.28. The highest BCUT2D eigenvalue weighted by molar-refractivity contribution is 7.89. The lowest BCUT2D eigenvalue weighted by Crippen LogP contribution is -2.44. The molecule has 0 unspecified atom stereocenters. The van der Waals surface area contributed by atoms with E-state index in [9.17, 15) is 13.2 Å². The first-order valence-electron chi connectivity index (χ1n) is 7.26. The van der Waals surface area contributed by atoms with Gasteiger partial charge in [0.15, 0.2) is 0 Å². The summed E-state index contributed by atoms with van der Waals surface area (Å²) >= 11 is 1.09. The highest BCUT2D eigenvalue weighted by Gasteiger charge is 2.31. The quantitative estimate of drug-likeness (QED) is 0.790. The number of rotatable bonds is 5. The molecule has 1 aromatic rings. The van der Waals surface area contributed by atoms with Crippen molar-refractivity contribution < 1.29 is 17.9 Å². The van der Waals surface area contributed by atoms with Crippen LogP contribution >= 0.6 is 11.3 Å². The number of esters is 1. The summed E-state index contributed by atoms with van der Waals surface area (Å²) in [5.41, 5.74) is 0.562. The van der Waals surface area contributed by atoms with Gasteiger partial charge in [-0.1, -0.05) is 0 Å². The van der Waals surface area contributed by atoms with Crippen LogP contribution in [0.15, 0.2) is 10.3 Å². The van der Waals surface area contributed by atoms with E-state index in [4.69, 9.17) is 0 Å². The number of methoxy groups -OCH3 is 1. The second kappa shape index (κ2) is 7.08. The van der Waals surface area contributed by atoms with Crippen LogP contribution in [0.2, 0.25) is 0 Å².